The van der Waals surface area contributed by atoms with Crippen molar-refractivity contribution in [1.29, 1.82) is 0 Å². The van der Waals surface area contributed by atoms with Gasteiger partial charge < -0.3 is 10.2 Å². The van der Waals surface area contributed by atoms with Crippen molar-refractivity contribution in [3.63, 3.8) is 0 Å². The molecule has 3 aromatic rings. The number of carbonyl (C=O) groups is 2. The average molecular weight is 484 g/mol. The van der Waals surface area contributed by atoms with Crippen LogP contribution in [0.5, 0.6) is 0 Å². The molecule has 0 radical (unpaired) electrons. The summed E-state index contributed by atoms with van der Waals surface area (Å²) in [7, 11) is 0. The van der Waals surface area contributed by atoms with Gasteiger partial charge in [-0.1, -0.05) is 59.6 Å². The molecule has 5 rings (SSSR count). The van der Waals surface area contributed by atoms with Crippen LogP contribution in [0.3, 0.4) is 0 Å². The highest BCUT2D eigenvalue weighted by atomic mass is 35.5. The highest BCUT2D eigenvalue weighted by Gasteiger charge is 2.59. The SMILES string of the molecule is O=C(Nc1ccc(Cl)cc1)N1CCS[C@@]12C(=O)N(Cc1ccccc1Cl)c1ccccc12. The largest absolute Gasteiger partial charge is 0.323 e. The smallest absolute Gasteiger partial charge is 0.308 e. The molecule has 2 aliphatic rings. The number of carbonyl (C=O) groups excluding carboxylic acids is 2. The number of fused-ring (bicyclic) bond motifs is 2. The first-order chi connectivity index (χ1) is 15.5. The molecule has 1 atom stereocenters. The molecule has 32 heavy (non-hydrogen) atoms. The zero-order valence-corrected chi connectivity index (χ0v) is 19.3. The number of nitrogens with zero attached hydrogens (tertiary/aromatic N) is 2. The molecule has 3 amide bonds. The summed E-state index contributed by atoms with van der Waals surface area (Å²) in [5, 5.41) is 4.11. The molecule has 1 N–H and O–H groups in total. The first-order valence-electron chi connectivity index (χ1n) is 10.1. The molecule has 0 unspecified atom stereocenters. The molecule has 0 saturated carbocycles. The molecule has 8 heteroatoms. The number of hydrogen-bond acceptors (Lipinski definition) is 3. The van der Waals surface area contributed by atoms with Gasteiger partial charge in [-0.25, -0.2) is 4.79 Å². The van der Waals surface area contributed by atoms with Gasteiger partial charge in [-0.2, -0.15) is 0 Å². The van der Waals surface area contributed by atoms with Crippen molar-refractivity contribution in [2.75, 3.05) is 22.5 Å². The summed E-state index contributed by atoms with van der Waals surface area (Å²) in [6.07, 6.45) is 0. The lowest BCUT2D eigenvalue weighted by molar-refractivity contribution is -0.123. The van der Waals surface area contributed by atoms with Crippen molar-refractivity contribution in [1.82, 2.24) is 4.90 Å². The molecule has 3 aromatic carbocycles. The van der Waals surface area contributed by atoms with Crippen LogP contribution in [0.4, 0.5) is 16.2 Å². The van der Waals surface area contributed by atoms with Gasteiger partial charge in [0.05, 0.1) is 12.2 Å². The number of benzene rings is 3. The van der Waals surface area contributed by atoms with Crippen molar-refractivity contribution < 1.29 is 9.59 Å². The van der Waals surface area contributed by atoms with Crippen LogP contribution in [-0.2, 0) is 16.2 Å². The Morgan fingerprint density at radius 2 is 1.72 bits per heavy atom. The Kier molecular flexibility index (Phi) is 5.53. The van der Waals surface area contributed by atoms with Gasteiger partial charge in [0.15, 0.2) is 4.87 Å². The van der Waals surface area contributed by atoms with Gasteiger partial charge in [0.2, 0.25) is 0 Å². The summed E-state index contributed by atoms with van der Waals surface area (Å²) >= 11 is 13.8. The number of hydrogen-bond donors (Lipinski definition) is 1. The fourth-order valence-electron chi connectivity index (χ4n) is 4.25. The van der Waals surface area contributed by atoms with E-state index in [1.54, 1.807) is 34.1 Å². The predicted octanol–water partition coefficient (Wildman–Crippen LogP) is 5.97. The van der Waals surface area contributed by atoms with Crippen molar-refractivity contribution in [3.8, 4) is 0 Å². The van der Waals surface area contributed by atoms with Gasteiger partial charge in [0.1, 0.15) is 0 Å². The van der Waals surface area contributed by atoms with Crippen LogP contribution in [0.2, 0.25) is 10.0 Å². The summed E-state index contributed by atoms with van der Waals surface area (Å²) in [4.78, 5) is 29.5. The van der Waals surface area contributed by atoms with Gasteiger partial charge in [0, 0.05) is 33.6 Å². The second-order valence-corrected chi connectivity index (χ2v) is 9.71. The van der Waals surface area contributed by atoms with E-state index in [2.05, 4.69) is 5.32 Å². The first kappa shape index (κ1) is 21.2. The monoisotopic (exact) mass is 483 g/mol. The minimum atomic E-state index is -1.10. The summed E-state index contributed by atoms with van der Waals surface area (Å²) in [5.74, 6) is 0.529. The Morgan fingerprint density at radius 3 is 2.50 bits per heavy atom. The van der Waals surface area contributed by atoms with Crippen LogP contribution in [0.15, 0.2) is 72.8 Å². The Balaban J connectivity index is 1.51. The average Bonchev–Trinajstić information content (AvgIpc) is 3.34. The van der Waals surface area contributed by atoms with E-state index in [0.29, 0.717) is 34.6 Å². The Hall–Kier alpha value is -2.67. The highest BCUT2D eigenvalue weighted by Crippen LogP contribution is 2.54. The Bertz CT molecular complexity index is 1200. The lowest BCUT2D eigenvalue weighted by Crippen LogP contribution is -2.51. The molecule has 0 bridgehead atoms. The number of nitrogens with one attached hydrogen (secondary N) is 1. The number of anilines is 2. The second kappa shape index (κ2) is 8.35. The lowest BCUT2D eigenvalue weighted by atomic mass is 10.1. The zero-order valence-electron chi connectivity index (χ0n) is 16.9. The summed E-state index contributed by atoms with van der Waals surface area (Å²) < 4.78 is 0. The van der Waals surface area contributed by atoms with Gasteiger partial charge >= 0.3 is 6.03 Å². The van der Waals surface area contributed by atoms with E-state index in [4.69, 9.17) is 23.2 Å². The summed E-state index contributed by atoms with van der Waals surface area (Å²) in [5.41, 5.74) is 3.11. The third-order valence-corrected chi connectivity index (χ3v) is 7.77. The molecule has 2 aliphatic heterocycles. The van der Waals surface area contributed by atoms with Crippen LogP contribution in [0.25, 0.3) is 0 Å². The predicted molar refractivity (Wildman–Crippen MR) is 130 cm³/mol. The standard InChI is InChI=1S/C24H19Cl2N3O2S/c25-17-9-11-18(12-10-17)27-23(31)29-13-14-32-24(29)19-6-2-4-8-21(19)28(22(24)30)15-16-5-1-3-7-20(16)26/h1-12H,13-15H2,(H,27,31)/t24-/m0/s1. The lowest BCUT2D eigenvalue weighted by Gasteiger charge is -2.33. The quantitative estimate of drug-likeness (QED) is 0.498. The maximum atomic E-state index is 13.9. The third kappa shape index (κ3) is 3.43. The Morgan fingerprint density at radius 1 is 1.00 bits per heavy atom. The van der Waals surface area contributed by atoms with Gasteiger partial charge in [-0.15, -0.1) is 11.8 Å². The van der Waals surface area contributed by atoms with Gasteiger partial charge in [-0.3, -0.25) is 9.69 Å². The van der Waals surface area contributed by atoms with Crippen LogP contribution < -0.4 is 10.2 Å². The topological polar surface area (TPSA) is 52.7 Å². The summed E-state index contributed by atoms with van der Waals surface area (Å²) in [6.45, 7) is 0.800. The number of halogens is 2. The van der Waals surface area contributed by atoms with Crippen LogP contribution in [0.1, 0.15) is 11.1 Å². The number of urea groups is 1. The van der Waals surface area contributed by atoms with E-state index in [1.807, 2.05) is 48.5 Å². The minimum absolute atomic E-state index is 0.132. The molecular formula is C24H19Cl2N3O2S. The van der Waals surface area contributed by atoms with E-state index in [1.165, 1.54) is 11.8 Å². The number of amides is 3. The van der Waals surface area contributed by atoms with E-state index >= 15 is 0 Å². The molecule has 2 heterocycles. The van der Waals surface area contributed by atoms with E-state index in [0.717, 1.165) is 16.8 Å². The Labute approximate surface area is 200 Å². The van der Waals surface area contributed by atoms with Crippen LogP contribution in [0, 0.1) is 0 Å². The molecular weight excluding hydrogens is 465 g/mol. The zero-order chi connectivity index (χ0) is 22.3. The van der Waals surface area contributed by atoms with E-state index < -0.39 is 4.87 Å². The van der Waals surface area contributed by atoms with Crippen LogP contribution >= 0.6 is 35.0 Å². The van der Waals surface area contributed by atoms with E-state index in [-0.39, 0.29) is 11.9 Å². The molecule has 1 spiro atoms. The normalized spacial score (nSPS) is 19.5. The maximum absolute atomic E-state index is 13.9. The third-order valence-electron chi connectivity index (χ3n) is 5.73. The second-order valence-electron chi connectivity index (χ2n) is 7.58. The van der Waals surface area contributed by atoms with Gasteiger partial charge in [0.25, 0.3) is 5.91 Å². The highest BCUT2D eigenvalue weighted by molar-refractivity contribution is 8.01. The molecule has 5 nitrogen and oxygen atoms in total. The van der Waals surface area contributed by atoms with Crippen molar-refractivity contribution in [2.24, 2.45) is 0 Å². The number of para-hydroxylation sites is 1. The van der Waals surface area contributed by atoms with Crippen molar-refractivity contribution in [2.45, 2.75) is 11.4 Å². The number of rotatable bonds is 3. The minimum Gasteiger partial charge on any atom is -0.308 e. The fraction of sp³-hybridized carbons (Fsp3) is 0.167. The fourth-order valence-corrected chi connectivity index (χ4v) is 6.03. The van der Waals surface area contributed by atoms with Crippen LogP contribution in [-0.4, -0.2) is 29.1 Å². The maximum Gasteiger partial charge on any atom is 0.323 e. The van der Waals surface area contributed by atoms with E-state index in [9.17, 15) is 9.59 Å². The molecule has 0 aliphatic carbocycles. The molecule has 1 fully saturated rings. The van der Waals surface area contributed by atoms with Gasteiger partial charge in [-0.05, 0) is 42.0 Å². The summed E-state index contributed by atoms with van der Waals surface area (Å²) in [6, 6.07) is 21.7. The molecule has 162 valence electrons. The molecule has 1 saturated heterocycles. The van der Waals surface area contributed by atoms with Crippen molar-refractivity contribution in [3.05, 3.63) is 94.0 Å². The molecule has 0 aromatic heterocycles. The first-order valence-corrected chi connectivity index (χ1v) is 11.9. The van der Waals surface area contributed by atoms with Crippen molar-refractivity contribution >= 4 is 58.3 Å². The number of thioether (sulfide) groups is 1.